The van der Waals surface area contributed by atoms with Gasteiger partial charge in [0.1, 0.15) is 14.2 Å². The number of pyridine rings is 1. The van der Waals surface area contributed by atoms with Crippen molar-refractivity contribution in [1.29, 1.82) is 0 Å². The van der Waals surface area contributed by atoms with Crippen LogP contribution >= 0.6 is 34.7 Å². The number of halogens is 1. The zero-order valence-electron chi connectivity index (χ0n) is 16.3. The van der Waals surface area contributed by atoms with E-state index in [0.717, 1.165) is 30.5 Å². The monoisotopic (exact) mass is 442 g/mol. The Labute approximate surface area is 182 Å². The van der Waals surface area contributed by atoms with E-state index < -0.39 is 0 Å². The Balaban J connectivity index is 1.92. The molecule has 0 amide bonds. The van der Waals surface area contributed by atoms with Gasteiger partial charge in [-0.05, 0) is 37.3 Å². The van der Waals surface area contributed by atoms with E-state index >= 15 is 0 Å². The fraction of sp³-hybridized carbons (Fsp3) is 0.182. The lowest BCUT2D eigenvalue weighted by molar-refractivity contribution is -0.688. The lowest BCUT2D eigenvalue weighted by Gasteiger charge is -2.12. The lowest BCUT2D eigenvalue weighted by Crippen LogP contribution is -2.37. The molecule has 0 N–H and O–H groups in total. The van der Waals surface area contributed by atoms with E-state index in [4.69, 9.17) is 11.6 Å². The van der Waals surface area contributed by atoms with Gasteiger partial charge in [0.25, 0.3) is 5.56 Å². The van der Waals surface area contributed by atoms with E-state index in [-0.39, 0.29) is 5.56 Å². The topological polar surface area (TPSA) is 29.1 Å². The van der Waals surface area contributed by atoms with Gasteiger partial charge < -0.3 is 4.90 Å². The summed E-state index contributed by atoms with van der Waals surface area (Å²) >= 11 is 9.32. The predicted molar refractivity (Wildman–Crippen MR) is 123 cm³/mol. The molecule has 2 aromatic heterocycles. The minimum absolute atomic E-state index is 0.0446. The number of allylic oxidation sites excluding steroid dienone is 1. The van der Waals surface area contributed by atoms with E-state index in [1.807, 2.05) is 61.1 Å². The molecule has 1 aromatic carbocycles. The van der Waals surface area contributed by atoms with Crippen LogP contribution in [0, 0.1) is 0 Å². The van der Waals surface area contributed by atoms with Crippen LogP contribution in [0.15, 0.2) is 64.9 Å². The number of aromatic nitrogens is 2. The van der Waals surface area contributed by atoms with Crippen LogP contribution in [0.4, 0.5) is 5.69 Å². The smallest absolute Gasteiger partial charge is 0.271 e. The Bertz CT molecular complexity index is 1280. The van der Waals surface area contributed by atoms with Crippen molar-refractivity contribution in [3.8, 4) is 0 Å². The SMILES string of the molecule is C=CC[n+]1ccccc1/C=c1/s/c(=C2\Sc3ccc(Cl)cc3N2C)c(=O)n1CC. The second-order valence-corrected chi connectivity index (χ2v) is 9.11. The fourth-order valence-corrected chi connectivity index (χ4v) is 5.95. The first kappa shape index (κ1) is 20.0. The summed E-state index contributed by atoms with van der Waals surface area (Å²) in [5.41, 5.74) is 2.11. The Morgan fingerprint density at radius 2 is 2.10 bits per heavy atom. The van der Waals surface area contributed by atoms with Crippen LogP contribution < -0.4 is 24.2 Å². The highest BCUT2D eigenvalue weighted by Crippen LogP contribution is 2.46. The zero-order valence-corrected chi connectivity index (χ0v) is 18.7. The fourth-order valence-electron chi connectivity index (χ4n) is 3.34. The second kappa shape index (κ2) is 8.22. The van der Waals surface area contributed by atoms with Crippen LogP contribution in [0.5, 0.6) is 0 Å². The number of nitrogens with zero attached hydrogens (tertiary/aromatic N) is 3. The molecule has 7 heteroatoms. The third kappa shape index (κ3) is 3.68. The van der Waals surface area contributed by atoms with Gasteiger partial charge in [-0.25, -0.2) is 0 Å². The van der Waals surface area contributed by atoms with E-state index in [0.29, 0.717) is 18.1 Å². The van der Waals surface area contributed by atoms with E-state index in [1.165, 1.54) is 11.3 Å². The number of thiazole rings is 1. The molecule has 1 aliphatic heterocycles. The zero-order chi connectivity index (χ0) is 20.5. The van der Waals surface area contributed by atoms with Crippen molar-refractivity contribution in [1.82, 2.24) is 4.57 Å². The summed E-state index contributed by atoms with van der Waals surface area (Å²) < 4.78 is 5.64. The lowest BCUT2D eigenvalue weighted by atomic mass is 10.3. The van der Waals surface area contributed by atoms with Gasteiger partial charge >= 0.3 is 0 Å². The molecule has 0 saturated carbocycles. The molecule has 4 nitrogen and oxygen atoms in total. The quantitative estimate of drug-likeness (QED) is 0.459. The number of benzene rings is 1. The number of hydrogen-bond donors (Lipinski definition) is 0. The van der Waals surface area contributed by atoms with Gasteiger partial charge in [0.2, 0.25) is 5.69 Å². The van der Waals surface area contributed by atoms with Gasteiger partial charge in [0.05, 0.1) is 5.69 Å². The number of rotatable bonds is 4. The maximum absolute atomic E-state index is 13.2. The summed E-state index contributed by atoms with van der Waals surface area (Å²) in [6.07, 6.45) is 5.96. The predicted octanol–water partition coefficient (Wildman–Crippen LogP) is 3.19. The highest BCUT2D eigenvalue weighted by atomic mass is 35.5. The molecule has 0 saturated heterocycles. The Kier molecular flexibility index (Phi) is 5.67. The van der Waals surface area contributed by atoms with Crippen molar-refractivity contribution in [3.63, 3.8) is 0 Å². The molecule has 0 spiro atoms. The maximum atomic E-state index is 13.2. The average Bonchev–Trinajstić information content (AvgIpc) is 3.20. The van der Waals surface area contributed by atoms with Crippen LogP contribution in [0.2, 0.25) is 5.02 Å². The summed E-state index contributed by atoms with van der Waals surface area (Å²) in [5.74, 6) is 0. The molecule has 29 heavy (non-hydrogen) atoms. The molecular weight excluding hydrogens is 422 g/mol. The average molecular weight is 443 g/mol. The highest BCUT2D eigenvalue weighted by molar-refractivity contribution is 8.08. The normalized spacial score (nSPS) is 15.7. The molecule has 3 heterocycles. The van der Waals surface area contributed by atoms with Gasteiger partial charge in [-0.15, -0.1) is 11.3 Å². The number of thioether (sulfide) groups is 1. The summed E-state index contributed by atoms with van der Waals surface area (Å²) in [6.45, 7) is 7.17. The molecule has 3 aromatic rings. The Morgan fingerprint density at radius 1 is 1.28 bits per heavy atom. The summed E-state index contributed by atoms with van der Waals surface area (Å²) in [7, 11) is 1.98. The van der Waals surface area contributed by atoms with Crippen molar-refractivity contribution < 1.29 is 4.57 Å². The molecular formula is C22H21ClN3OS2+. The van der Waals surface area contributed by atoms with Gasteiger partial charge in [-0.3, -0.25) is 9.36 Å². The van der Waals surface area contributed by atoms with Crippen LogP contribution in [-0.2, 0) is 13.1 Å². The third-order valence-corrected chi connectivity index (χ3v) is 7.51. The molecule has 0 radical (unpaired) electrons. The van der Waals surface area contributed by atoms with Crippen LogP contribution in [0.3, 0.4) is 0 Å². The van der Waals surface area contributed by atoms with Crippen LogP contribution in [-0.4, -0.2) is 11.6 Å². The first-order valence-electron chi connectivity index (χ1n) is 9.29. The molecule has 0 bridgehead atoms. The van der Waals surface area contributed by atoms with Gasteiger partial charge in [-0.1, -0.05) is 29.9 Å². The summed E-state index contributed by atoms with van der Waals surface area (Å²) in [6, 6.07) is 11.9. The van der Waals surface area contributed by atoms with Crippen molar-refractivity contribution in [3.05, 3.63) is 85.5 Å². The molecule has 4 rings (SSSR count). The second-order valence-electron chi connectivity index (χ2n) is 6.61. The number of anilines is 1. The standard InChI is InChI=1S/C22H21ClN3OS2/c1-4-11-25-12-7-6-8-16(25)14-19-26(5-2)21(27)20(29-19)22-24(3)17-13-15(23)9-10-18(17)28-22/h4,6-10,12-14H,1,5,11H2,2-3H3/q+1/b22-20-. The molecule has 0 fully saturated rings. The van der Waals surface area contributed by atoms with Crippen molar-refractivity contribution >= 4 is 51.5 Å². The highest BCUT2D eigenvalue weighted by Gasteiger charge is 2.25. The van der Waals surface area contributed by atoms with E-state index in [1.54, 1.807) is 11.8 Å². The van der Waals surface area contributed by atoms with Crippen LogP contribution in [0.25, 0.3) is 11.1 Å². The first-order chi connectivity index (χ1) is 14.0. The molecule has 0 aliphatic carbocycles. The van der Waals surface area contributed by atoms with E-state index in [2.05, 4.69) is 28.2 Å². The van der Waals surface area contributed by atoms with E-state index in [9.17, 15) is 4.79 Å². The molecule has 0 atom stereocenters. The largest absolute Gasteiger partial charge is 0.337 e. The van der Waals surface area contributed by atoms with Crippen LogP contribution in [0.1, 0.15) is 12.6 Å². The van der Waals surface area contributed by atoms with Gasteiger partial charge in [0.15, 0.2) is 12.7 Å². The molecule has 148 valence electrons. The van der Waals surface area contributed by atoms with Crippen molar-refractivity contribution in [2.75, 3.05) is 11.9 Å². The molecule has 1 aliphatic rings. The first-order valence-corrected chi connectivity index (χ1v) is 11.3. The summed E-state index contributed by atoms with van der Waals surface area (Å²) in [5, 5.41) is 1.64. The van der Waals surface area contributed by atoms with Gasteiger partial charge in [-0.2, -0.15) is 4.57 Å². The third-order valence-electron chi connectivity index (χ3n) is 4.79. The Hall–Kier alpha value is -2.28. The Morgan fingerprint density at radius 3 is 2.86 bits per heavy atom. The van der Waals surface area contributed by atoms with Crippen molar-refractivity contribution in [2.24, 2.45) is 0 Å². The molecule has 0 unspecified atom stereocenters. The van der Waals surface area contributed by atoms with Gasteiger partial charge in [0, 0.05) is 41.7 Å². The van der Waals surface area contributed by atoms with Crippen molar-refractivity contribution in [2.45, 2.75) is 24.9 Å². The summed E-state index contributed by atoms with van der Waals surface area (Å²) in [4.78, 5) is 16.4. The maximum Gasteiger partial charge on any atom is 0.271 e. The minimum atomic E-state index is 0.0446. The number of fused-ring (bicyclic) bond motifs is 1. The number of hydrogen-bond acceptors (Lipinski definition) is 4. The minimum Gasteiger partial charge on any atom is -0.337 e.